The minimum atomic E-state index is -0.0130. The summed E-state index contributed by atoms with van der Waals surface area (Å²) in [7, 11) is 0. The van der Waals surface area contributed by atoms with Crippen molar-refractivity contribution < 1.29 is 9.47 Å². The second-order valence-electron chi connectivity index (χ2n) is 3.66. The Labute approximate surface area is 89.1 Å². The quantitative estimate of drug-likeness (QED) is 0.424. The third-order valence-electron chi connectivity index (χ3n) is 1.35. The Morgan fingerprint density at radius 3 is 2.25 bits per heavy atom. The van der Waals surface area contributed by atoms with Gasteiger partial charge in [-0.15, -0.1) is 0 Å². The Morgan fingerprint density at radius 2 is 1.83 bits per heavy atom. The molecule has 0 saturated heterocycles. The lowest BCUT2D eigenvalue weighted by atomic mass is 10.2. The van der Waals surface area contributed by atoms with Gasteiger partial charge in [0, 0.05) is 4.43 Å². The third kappa shape index (κ3) is 7.31. The summed E-state index contributed by atoms with van der Waals surface area (Å²) in [5.41, 5.74) is -0.0130. The van der Waals surface area contributed by atoms with E-state index in [2.05, 4.69) is 36.4 Å². The van der Waals surface area contributed by atoms with Crippen LogP contribution in [0.1, 0.15) is 27.7 Å². The average molecular weight is 286 g/mol. The van der Waals surface area contributed by atoms with Crippen LogP contribution >= 0.6 is 22.6 Å². The first-order valence-corrected chi connectivity index (χ1v) is 5.82. The maximum atomic E-state index is 5.60. The molecular weight excluding hydrogens is 267 g/mol. The predicted octanol–water partition coefficient (Wildman–Crippen LogP) is 2.64. The summed E-state index contributed by atoms with van der Waals surface area (Å²) in [4.78, 5) is 0. The Balaban J connectivity index is 3.31. The number of alkyl halides is 1. The highest BCUT2D eigenvalue weighted by Gasteiger charge is 2.15. The van der Waals surface area contributed by atoms with Crippen molar-refractivity contribution in [1.82, 2.24) is 0 Å². The molecule has 0 saturated carbocycles. The molecule has 0 aliphatic heterocycles. The van der Waals surface area contributed by atoms with Crippen LogP contribution in [0.3, 0.4) is 0 Å². The largest absolute Gasteiger partial charge is 0.376 e. The van der Waals surface area contributed by atoms with E-state index in [0.29, 0.717) is 19.3 Å². The molecule has 3 heteroatoms. The van der Waals surface area contributed by atoms with Crippen LogP contribution in [0.5, 0.6) is 0 Å². The Morgan fingerprint density at radius 1 is 1.25 bits per heavy atom. The molecule has 0 atom stereocenters. The van der Waals surface area contributed by atoms with E-state index in [1.54, 1.807) is 0 Å². The molecule has 0 aromatic heterocycles. The zero-order chi connectivity index (χ0) is 9.61. The first-order chi connectivity index (χ1) is 5.48. The first kappa shape index (κ1) is 12.7. The number of ether oxygens (including phenoxy) is 2. The molecule has 2 nitrogen and oxygen atoms in total. The summed E-state index contributed by atoms with van der Waals surface area (Å²) in [5.74, 6) is 0. The van der Waals surface area contributed by atoms with Gasteiger partial charge in [0.15, 0.2) is 0 Å². The minimum Gasteiger partial charge on any atom is -0.376 e. The number of rotatable bonds is 6. The lowest BCUT2D eigenvalue weighted by molar-refractivity contribution is -0.0417. The number of hydrogen-bond acceptors (Lipinski definition) is 2. The van der Waals surface area contributed by atoms with Gasteiger partial charge in [-0.2, -0.15) is 0 Å². The maximum absolute atomic E-state index is 5.60. The van der Waals surface area contributed by atoms with Crippen LogP contribution in [-0.4, -0.2) is 29.3 Å². The average Bonchev–Trinajstić information content (AvgIpc) is 1.98. The van der Waals surface area contributed by atoms with Crippen molar-refractivity contribution in [1.29, 1.82) is 0 Å². The molecule has 0 aromatic carbocycles. The lowest BCUT2D eigenvalue weighted by Gasteiger charge is -2.22. The fourth-order valence-corrected chi connectivity index (χ4v) is 0.861. The molecule has 0 aromatic rings. The third-order valence-corrected chi connectivity index (χ3v) is 3.19. The van der Waals surface area contributed by atoms with Gasteiger partial charge in [0.25, 0.3) is 0 Å². The summed E-state index contributed by atoms with van der Waals surface area (Å²) < 4.78 is 12.0. The highest BCUT2D eigenvalue weighted by atomic mass is 127. The van der Waals surface area contributed by atoms with E-state index in [9.17, 15) is 0 Å². The molecule has 74 valence electrons. The fourth-order valence-electron chi connectivity index (χ4n) is 0.640. The van der Waals surface area contributed by atoms with Crippen molar-refractivity contribution in [3.05, 3.63) is 0 Å². The van der Waals surface area contributed by atoms with Gasteiger partial charge in [0.2, 0.25) is 0 Å². The summed E-state index contributed by atoms with van der Waals surface area (Å²) >= 11 is 2.33. The van der Waals surface area contributed by atoms with E-state index in [1.165, 1.54) is 0 Å². The van der Waals surface area contributed by atoms with Crippen LogP contribution in [0.4, 0.5) is 0 Å². The molecular formula is C9H19IO2. The van der Waals surface area contributed by atoms with Crippen molar-refractivity contribution in [2.24, 2.45) is 0 Å². The Bertz CT molecular complexity index is 113. The van der Waals surface area contributed by atoms with Crippen LogP contribution in [0.25, 0.3) is 0 Å². The smallest absolute Gasteiger partial charge is 0.0716 e. The monoisotopic (exact) mass is 286 g/mol. The predicted molar refractivity (Wildman–Crippen MR) is 60.0 cm³/mol. The highest BCUT2D eigenvalue weighted by Crippen LogP contribution is 2.12. The molecule has 0 aliphatic rings. The lowest BCUT2D eigenvalue weighted by Crippen LogP contribution is -2.28. The second-order valence-corrected chi connectivity index (χ2v) is 4.42. The zero-order valence-electron chi connectivity index (χ0n) is 8.39. The van der Waals surface area contributed by atoms with Gasteiger partial charge in [-0.3, -0.25) is 0 Å². The van der Waals surface area contributed by atoms with Crippen molar-refractivity contribution in [3.8, 4) is 0 Å². The van der Waals surface area contributed by atoms with Crippen molar-refractivity contribution in [2.75, 3.05) is 17.6 Å². The van der Waals surface area contributed by atoms with E-state index in [1.807, 2.05) is 13.8 Å². The molecule has 0 radical (unpaired) electrons. The van der Waals surface area contributed by atoms with Gasteiger partial charge in [-0.25, -0.2) is 0 Å². The van der Waals surface area contributed by atoms with E-state index in [4.69, 9.17) is 9.47 Å². The van der Waals surface area contributed by atoms with Crippen LogP contribution < -0.4 is 0 Å². The van der Waals surface area contributed by atoms with Crippen LogP contribution in [0.15, 0.2) is 0 Å². The molecule has 0 bridgehead atoms. The van der Waals surface area contributed by atoms with Gasteiger partial charge in [0.1, 0.15) is 0 Å². The van der Waals surface area contributed by atoms with Crippen LogP contribution in [-0.2, 0) is 9.47 Å². The summed E-state index contributed by atoms with van der Waals surface area (Å²) in [6.07, 6.45) is 0.302. The Kier molecular flexibility index (Phi) is 6.49. The van der Waals surface area contributed by atoms with Crippen LogP contribution in [0.2, 0.25) is 0 Å². The van der Waals surface area contributed by atoms with Gasteiger partial charge in [-0.05, 0) is 27.7 Å². The summed E-state index contributed by atoms with van der Waals surface area (Å²) in [5, 5.41) is 0. The molecule has 0 aliphatic carbocycles. The fraction of sp³-hybridized carbons (Fsp3) is 1.00. The van der Waals surface area contributed by atoms with E-state index < -0.39 is 0 Å². The van der Waals surface area contributed by atoms with Crippen molar-refractivity contribution >= 4 is 22.6 Å². The van der Waals surface area contributed by atoms with Gasteiger partial charge in [0.05, 0.1) is 24.9 Å². The highest BCUT2D eigenvalue weighted by molar-refractivity contribution is 14.1. The molecule has 0 amide bonds. The van der Waals surface area contributed by atoms with E-state index >= 15 is 0 Å². The van der Waals surface area contributed by atoms with Gasteiger partial charge < -0.3 is 9.47 Å². The molecule has 12 heavy (non-hydrogen) atoms. The van der Waals surface area contributed by atoms with Crippen molar-refractivity contribution in [3.63, 3.8) is 0 Å². The maximum Gasteiger partial charge on any atom is 0.0716 e. The summed E-state index contributed by atoms with van der Waals surface area (Å²) in [6.45, 7) is 9.63. The normalized spacial score (nSPS) is 12.5. The minimum absolute atomic E-state index is 0.0130. The first-order valence-electron chi connectivity index (χ1n) is 4.29. The number of hydrogen-bond donors (Lipinski definition) is 0. The topological polar surface area (TPSA) is 18.5 Å². The number of halogens is 1. The second kappa shape index (κ2) is 6.16. The van der Waals surface area contributed by atoms with Gasteiger partial charge in [-0.1, -0.05) is 22.6 Å². The molecule has 0 spiro atoms. The van der Waals surface area contributed by atoms with E-state index in [0.717, 1.165) is 4.43 Å². The molecule has 0 fully saturated rings. The van der Waals surface area contributed by atoms with Crippen molar-refractivity contribution in [2.45, 2.75) is 39.4 Å². The summed E-state index contributed by atoms with van der Waals surface area (Å²) in [6, 6.07) is 0. The molecule has 0 unspecified atom stereocenters. The SMILES string of the molecule is CC(C)OCCOC(C)(C)CI. The Hall–Kier alpha value is 0.650. The molecule has 0 heterocycles. The van der Waals surface area contributed by atoms with Crippen LogP contribution in [0, 0.1) is 0 Å². The standard InChI is InChI=1S/C9H19IO2/c1-8(2)11-5-6-12-9(3,4)7-10/h8H,5-7H2,1-4H3. The van der Waals surface area contributed by atoms with E-state index in [-0.39, 0.29) is 5.60 Å². The van der Waals surface area contributed by atoms with Gasteiger partial charge >= 0.3 is 0 Å². The zero-order valence-corrected chi connectivity index (χ0v) is 10.6. The molecule has 0 N–H and O–H groups in total. The molecule has 0 rings (SSSR count).